The number of hydrogen-bond acceptors (Lipinski definition) is 2. The normalized spacial score (nSPS) is 10.9. The number of Topliss-reactive ketones (excluding diaryl/α,β-unsaturated/α-hetero) is 1. The van der Waals surface area contributed by atoms with E-state index in [4.69, 9.17) is 0 Å². The van der Waals surface area contributed by atoms with Gasteiger partial charge in [0.05, 0.1) is 7.57 Å². The molecule has 0 aromatic carbocycles. The lowest BCUT2D eigenvalue weighted by Gasteiger charge is -2.02. The van der Waals surface area contributed by atoms with E-state index in [9.17, 15) is 4.79 Å². The van der Waals surface area contributed by atoms with Gasteiger partial charge in [0.1, 0.15) is 0 Å². The summed E-state index contributed by atoms with van der Waals surface area (Å²) >= 11 is 8.43. The second-order valence-corrected chi connectivity index (χ2v) is 8.99. The van der Waals surface area contributed by atoms with Gasteiger partial charge in [0.2, 0.25) is 0 Å². The van der Waals surface area contributed by atoms with Crippen molar-refractivity contribution in [1.82, 2.24) is 0 Å². The van der Waals surface area contributed by atoms with Crippen LogP contribution in [0.4, 0.5) is 0 Å². The molecule has 0 spiro atoms. The highest BCUT2D eigenvalue weighted by Gasteiger charge is 2.12. The Labute approximate surface area is 143 Å². The van der Waals surface area contributed by atoms with E-state index >= 15 is 0 Å². The maximum Gasteiger partial charge on any atom is 0.164 e. The van der Waals surface area contributed by atoms with Crippen LogP contribution in [-0.2, 0) is 0 Å². The standard InChI is InChI=1S/C16H24Br2OS/c1-2-3-4-5-6-7-8-9-10-11-14(19)13-12-15(17)20-16(13)18/h12H,2-11H2,1H3. The number of carbonyl (C=O) groups excluding carboxylic acids is 1. The minimum absolute atomic E-state index is 0.266. The summed E-state index contributed by atoms with van der Waals surface area (Å²) in [4.78, 5) is 12.0. The Kier molecular flexibility index (Phi) is 10.1. The van der Waals surface area contributed by atoms with Crippen LogP contribution in [0.15, 0.2) is 13.6 Å². The Morgan fingerprint density at radius 1 is 1.00 bits per heavy atom. The Morgan fingerprint density at radius 3 is 2.05 bits per heavy atom. The largest absolute Gasteiger partial charge is 0.294 e. The number of unbranched alkanes of at least 4 members (excludes halogenated alkanes) is 8. The van der Waals surface area contributed by atoms with Gasteiger partial charge in [0, 0.05) is 12.0 Å². The molecule has 1 aromatic rings. The second kappa shape index (κ2) is 11.0. The van der Waals surface area contributed by atoms with Crippen molar-refractivity contribution < 1.29 is 4.79 Å². The molecule has 0 N–H and O–H groups in total. The van der Waals surface area contributed by atoms with Crippen molar-refractivity contribution in [3.05, 3.63) is 19.2 Å². The zero-order valence-electron chi connectivity index (χ0n) is 12.2. The molecule has 0 amide bonds. The second-order valence-electron chi connectivity index (χ2n) is 5.24. The van der Waals surface area contributed by atoms with Gasteiger partial charge in [-0.1, -0.05) is 58.3 Å². The summed E-state index contributed by atoms with van der Waals surface area (Å²) in [6.45, 7) is 2.25. The predicted molar refractivity (Wildman–Crippen MR) is 95.9 cm³/mol. The van der Waals surface area contributed by atoms with Crippen LogP contribution in [0, 0.1) is 0 Å². The lowest BCUT2D eigenvalue weighted by molar-refractivity contribution is 0.0979. The summed E-state index contributed by atoms with van der Waals surface area (Å²) in [6, 6.07) is 1.92. The smallest absolute Gasteiger partial charge is 0.164 e. The molecule has 0 radical (unpaired) electrons. The van der Waals surface area contributed by atoms with E-state index < -0.39 is 0 Å². The molecule has 0 aliphatic rings. The van der Waals surface area contributed by atoms with Crippen molar-refractivity contribution in [1.29, 1.82) is 0 Å². The van der Waals surface area contributed by atoms with E-state index in [-0.39, 0.29) is 5.78 Å². The van der Waals surface area contributed by atoms with Crippen LogP contribution in [0.2, 0.25) is 0 Å². The van der Waals surface area contributed by atoms with Gasteiger partial charge in [-0.2, -0.15) is 0 Å². The Hall–Kier alpha value is 0.330. The summed E-state index contributed by atoms with van der Waals surface area (Å²) in [5, 5.41) is 0. The van der Waals surface area contributed by atoms with Crippen LogP contribution in [-0.4, -0.2) is 5.78 Å². The lowest BCUT2D eigenvalue weighted by atomic mass is 10.0. The van der Waals surface area contributed by atoms with Gasteiger partial charge in [0.25, 0.3) is 0 Å². The average molecular weight is 424 g/mol. The predicted octanol–water partition coefficient (Wildman–Crippen LogP) is 7.38. The lowest BCUT2D eigenvalue weighted by Crippen LogP contribution is -1.97. The molecule has 0 atom stereocenters. The van der Waals surface area contributed by atoms with Crippen molar-refractivity contribution in [2.45, 2.75) is 71.1 Å². The molecule has 0 saturated heterocycles. The molecular weight excluding hydrogens is 400 g/mol. The van der Waals surface area contributed by atoms with Crippen molar-refractivity contribution in [3.63, 3.8) is 0 Å². The number of thiophene rings is 1. The van der Waals surface area contributed by atoms with E-state index in [2.05, 4.69) is 38.8 Å². The fourth-order valence-electron chi connectivity index (χ4n) is 2.26. The zero-order valence-corrected chi connectivity index (χ0v) is 16.2. The third kappa shape index (κ3) is 7.37. The fourth-order valence-corrected chi connectivity index (χ4v) is 5.12. The van der Waals surface area contributed by atoms with Crippen molar-refractivity contribution in [3.8, 4) is 0 Å². The number of ketones is 1. The molecule has 1 rings (SSSR count). The van der Waals surface area contributed by atoms with E-state index in [0.717, 1.165) is 19.6 Å². The molecule has 0 unspecified atom stereocenters. The van der Waals surface area contributed by atoms with Gasteiger partial charge in [-0.05, 0) is 44.3 Å². The van der Waals surface area contributed by atoms with Gasteiger partial charge < -0.3 is 0 Å². The van der Waals surface area contributed by atoms with Crippen molar-refractivity contribution >= 4 is 49.0 Å². The molecule has 20 heavy (non-hydrogen) atoms. The average Bonchev–Trinajstić information content (AvgIpc) is 2.75. The molecule has 0 saturated carbocycles. The molecule has 1 nitrogen and oxygen atoms in total. The van der Waals surface area contributed by atoms with Gasteiger partial charge in [-0.3, -0.25) is 4.79 Å². The van der Waals surface area contributed by atoms with Crippen LogP contribution in [0.3, 0.4) is 0 Å². The van der Waals surface area contributed by atoms with Crippen LogP contribution in [0.1, 0.15) is 81.5 Å². The van der Waals surface area contributed by atoms with Gasteiger partial charge in [0.15, 0.2) is 5.78 Å². The SMILES string of the molecule is CCCCCCCCCCCC(=O)c1cc(Br)sc1Br. The van der Waals surface area contributed by atoms with Gasteiger partial charge >= 0.3 is 0 Å². The molecular formula is C16H24Br2OS. The summed E-state index contributed by atoms with van der Waals surface area (Å²) in [6.07, 6.45) is 12.3. The topological polar surface area (TPSA) is 17.1 Å². The first-order chi connectivity index (χ1) is 9.65. The minimum atomic E-state index is 0.266. The quantitative estimate of drug-likeness (QED) is 0.268. The van der Waals surface area contributed by atoms with Gasteiger partial charge in [-0.25, -0.2) is 0 Å². The van der Waals surface area contributed by atoms with Crippen LogP contribution < -0.4 is 0 Å². The van der Waals surface area contributed by atoms with Gasteiger partial charge in [-0.15, -0.1) is 11.3 Å². The van der Waals surface area contributed by atoms with Crippen molar-refractivity contribution in [2.24, 2.45) is 0 Å². The number of carbonyl (C=O) groups is 1. The van der Waals surface area contributed by atoms with Crippen molar-refractivity contribution in [2.75, 3.05) is 0 Å². The molecule has 0 fully saturated rings. The van der Waals surface area contributed by atoms with Crippen LogP contribution in [0.5, 0.6) is 0 Å². The highest BCUT2D eigenvalue weighted by atomic mass is 79.9. The first kappa shape index (κ1) is 18.4. The molecule has 1 heterocycles. The van der Waals surface area contributed by atoms with Crippen LogP contribution in [0.25, 0.3) is 0 Å². The maximum atomic E-state index is 12.0. The summed E-state index contributed by atoms with van der Waals surface area (Å²) in [7, 11) is 0. The maximum absolute atomic E-state index is 12.0. The Balaban J connectivity index is 2.04. The third-order valence-electron chi connectivity index (χ3n) is 3.46. The molecule has 4 heteroatoms. The summed E-state index contributed by atoms with van der Waals surface area (Å²) in [5.41, 5.74) is 0.835. The third-order valence-corrected chi connectivity index (χ3v) is 5.80. The highest BCUT2D eigenvalue weighted by Crippen LogP contribution is 2.32. The van der Waals surface area contributed by atoms with E-state index in [0.29, 0.717) is 6.42 Å². The number of halogens is 2. The first-order valence-corrected chi connectivity index (χ1v) is 10.0. The molecule has 0 aliphatic carbocycles. The summed E-state index contributed by atoms with van der Waals surface area (Å²) in [5.74, 6) is 0.266. The minimum Gasteiger partial charge on any atom is -0.294 e. The molecule has 114 valence electrons. The number of hydrogen-bond donors (Lipinski definition) is 0. The fraction of sp³-hybridized carbons (Fsp3) is 0.688. The monoisotopic (exact) mass is 422 g/mol. The Morgan fingerprint density at radius 2 is 1.55 bits per heavy atom. The molecule has 0 bridgehead atoms. The highest BCUT2D eigenvalue weighted by molar-refractivity contribution is 9.12. The van der Waals surface area contributed by atoms with E-state index in [1.165, 1.54) is 51.4 Å². The van der Waals surface area contributed by atoms with Crippen LogP contribution >= 0.6 is 43.2 Å². The molecule has 1 aromatic heterocycles. The number of rotatable bonds is 11. The summed E-state index contributed by atoms with van der Waals surface area (Å²) < 4.78 is 1.96. The Bertz CT molecular complexity index is 401. The zero-order chi connectivity index (χ0) is 14.8. The molecule has 0 aliphatic heterocycles. The van der Waals surface area contributed by atoms with E-state index in [1.807, 2.05) is 6.07 Å². The van der Waals surface area contributed by atoms with E-state index in [1.54, 1.807) is 11.3 Å². The first-order valence-electron chi connectivity index (χ1n) is 7.63.